The van der Waals surface area contributed by atoms with Crippen LogP contribution in [0.4, 0.5) is 0 Å². The van der Waals surface area contributed by atoms with Gasteiger partial charge in [0.2, 0.25) is 0 Å². The van der Waals surface area contributed by atoms with Crippen molar-refractivity contribution in [3.8, 4) is 0 Å². The van der Waals surface area contributed by atoms with Crippen LogP contribution in [-0.2, 0) is 4.74 Å². The Bertz CT molecular complexity index is 149. The van der Waals surface area contributed by atoms with Gasteiger partial charge in [-0.15, -0.1) is 0 Å². The van der Waals surface area contributed by atoms with E-state index in [0.29, 0.717) is 5.60 Å². The first-order valence-corrected chi connectivity index (χ1v) is 5.49. The Balaban J connectivity index is 1.81. The Labute approximate surface area is 75.5 Å². The molecule has 2 aliphatic rings. The highest BCUT2D eigenvalue weighted by atomic mass is 16.6. The van der Waals surface area contributed by atoms with E-state index in [2.05, 4.69) is 6.92 Å². The van der Waals surface area contributed by atoms with E-state index in [-0.39, 0.29) is 0 Å². The van der Waals surface area contributed by atoms with Crippen LogP contribution in [0.1, 0.15) is 51.9 Å². The summed E-state index contributed by atoms with van der Waals surface area (Å²) in [4.78, 5) is 0. The molecule has 0 amide bonds. The standard InChI is InChI=1S/C11H20O/c1-2-4-10-5-3-7-11(8-6-10)9-12-11/h10H,2-9H2,1H3. The molecule has 2 rings (SSSR count). The molecular formula is C11H20O. The number of hydrogen-bond donors (Lipinski definition) is 0. The van der Waals surface area contributed by atoms with Gasteiger partial charge in [0.05, 0.1) is 12.2 Å². The lowest BCUT2D eigenvalue weighted by atomic mass is 9.95. The van der Waals surface area contributed by atoms with Crippen molar-refractivity contribution >= 4 is 0 Å². The molecule has 1 nitrogen and oxygen atoms in total. The molecule has 12 heavy (non-hydrogen) atoms. The lowest BCUT2D eigenvalue weighted by molar-refractivity contribution is 0.273. The predicted octanol–water partition coefficient (Wildman–Crippen LogP) is 3.14. The third-order valence-corrected chi connectivity index (χ3v) is 3.50. The van der Waals surface area contributed by atoms with E-state index in [0.717, 1.165) is 12.5 Å². The van der Waals surface area contributed by atoms with Crippen LogP contribution in [0.15, 0.2) is 0 Å². The molecule has 1 heterocycles. The summed E-state index contributed by atoms with van der Waals surface area (Å²) < 4.78 is 5.54. The average molecular weight is 168 g/mol. The first kappa shape index (κ1) is 8.55. The highest BCUT2D eigenvalue weighted by Gasteiger charge is 2.44. The van der Waals surface area contributed by atoms with E-state index in [9.17, 15) is 0 Å². The van der Waals surface area contributed by atoms with Crippen LogP contribution in [-0.4, -0.2) is 12.2 Å². The molecule has 1 spiro atoms. The lowest BCUT2D eigenvalue weighted by Gasteiger charge is -2.11. The zero-order chi connectivity index (χ0) is 8.44. The van der Waals surface area contributed by atoms with E-state index in [4.69, 9.17) is 4.74 Å². The molecule has 0 aromatic carbocycles. The van der Waals surface area contributed by atoms with Gasteiger partial charge in [-0.25, -0.2) is 0 Å². The van der Waals surface area contributed by atoms with Gasteiger partial charge in [0.25, 0.3) is 0 Å². The van der Waals surface area contributed by atoms with Gasteiger partial charge in [-0.3, -0.25) is 0 Å². The second-order valence-corrected chi connectivity index (χ2v) is 4.56. The van der Waals surface area contributed by atoms with E-state index in [1.807, 2.05) is 0 Å². The number of hydrogen-bond acceptors (Lipinski definition) is 1. The van der Waals surface area contributed by atoms with Gasteiger partial charge in [-0.1, -0.05) is 32.6 Å². The van der Waals surface area contributed by atoms with Crippen molar-refractivity contribution in [3.05, 3.63) is 0 Å². The fourth-order valence-electron chi connectivity index (χ4n) is 2.54. The zero-order valence-corrected chi connectivity index (χ0v) is 8.14. The van der Waals surface area contributed by atoms with Gasteiger partial charge < -0.3 is 4.74 Å². The smallest absolute Gasteiger partial charge is 0.0916 e. The molecule has 1 saturated heterocycles. The van der Waals surface area contributed by atoms with E-state index >= 15 is 0 Å². The quantitative estimate of drug-likeness (QED) is 0.577. The maximum absolute atomic E-state index is 5.54. The van der Waals surface area contributed by atoms with Crippen LogP contribution in [0.3, 0.4) is 0 Å². The minimum Gasteiger partial charge on any atom is -0.370 e. The number of rotatable bonds is 2. The summed E-state index contributed by atoms with van der Waals surface area (Å²) in [5, 5.41) is 0. The molecule has 2 fully saturated rings. The maximum Gasteiger partial charge on any atom is 0.0916 e. The molecule has 0 N–H and O–H groups in total. The molecule has 1 aliphatic heterocycles. The highest BCUT2D eigenvalue weighted by Crippen LogP contribution is 2.42. The SMILES string of the molecule is CCCC1CCCC2(CC1)CO2. The molecule has 0 radical (unpaired) electrons. The molecule has 2 unspecified atom stereocenters. The molecule has 0 bridgehead atoms. The molecular weight excluding hydrogens is 148 g/mol. The summed E-state index contributed by atoms with van der Waals surface area (Å²) in [5.74, 6) is 1.01. The Morgan fingerprint density at radius 2 is 2.17 bits per heavy atom. The second kappa shape index (κ2) is 3.37. The molecule has 1 aliphatic carbocycles. The normalized spacial score (nSPS) is 41.2. The minimum absolute atomic E-state index is 0.391. The van der Waals surface area contributed by atoms with Gasteiger partial charge in [-0.2, -0.15) is 0 Å². The molecule has 2 atom stereocenters. The van der Waals surface area contributed by atoms with Gasteiger partial charge in [0.15, 0.2) is 0 Å². The summed E-state index contributed by atoms with van der Waals surface area (Å²) in [6.07, 6.45) is 9.77. The zero-order valence-electron chi connectivity index (χ0n) is 8.14. The Hall–Kier alpha value is -0.0400. The van der Waals surface area contributed by atoms with Crippen molar-refractivity contribution in [1.29, 1.82) is 0 Å². The summed E-state index contributed by atoms with van der Waals surface area (Å²) in [7, 11) is 0. The van der Waals surface area contributed by atoms with Crippen molar-refractivity contribution in [3.63, 3.8) is 0 Å². The summed E-state index contributed by atoms with van der Waals surface area (Å²) in [6.45, 7) is 3.36. The Kier molecular flexibility index (Phi) is 2.40. The summed E-state index contributed by atoms with van der Waals surface area (Å²) in [5.41, 5.74) is 0.391. The number of epoxide rings is 1. The van der Waals surface area contributed by atoms with Crippen LogP contribution < -0.4 is 0 Å². The van der Waals surface area contributed by atoms with Crippen molar-refractivity contribution < 1.29 is 4.74 Å². The van der Waals surface area contributed by atoms with E-state index in [1.165, 1.54) is 44.9 Å². The molecule has 70 valence electrons. The van der Waals surface area contributed by atoms with Gasteiger partial charge in [0.1, 0.15) is 0 Å². The van der Waals surface area contributed by atoms with Crippen LogP contribution >= 0.6 is 0 Å². The largest absolute Gasteiger partial charge is 0.370 e. The van der Waals surface area contributed by atoms with E-state index in [1.54, 1.807) is 0 Å². The van der Waals surface area contributed by atoms with Crippen molar-refractivity contribution in [2.75, 3.05) is 6.61 Å². The van der Waals surface area contributed by atoms with Gasteiger partial charge in [-0.05, 0) is 25.2 Å². The monoisotopic (exact) mass is 168 g/mol. The van der Waals surface area contributed by atoms with E-state index < -0.39 is 0 Å². The van der Waals surface area contributed by atoms with Crippen LogP contribution in [0, 0.1) is 5.92 Å². The molecule has 0 aromatic rings. The maximum atomic E-state index is 5.54. The van der Waals surface area contributed by atoms with Crippen LogP contribution in [0.25, 0.3) is 0 Å². The van der Waals surface area contributed by atoms with Crippen LogP contribution in [0.2, 0.25) is 0 Å². The van der Waals surface area contributed by atoms with Gasteiger partial charge in [0, 0.05) is 0 Å². The second-order valence-electron chi connectivity index (χ2n) is 4.56. The highest BCUT2D eigenvalue weighted by molar-refractivity contribution is 4.94. The molecule has 1 saturated carbocycles. The fraction of sp³-hybridized carbons (Fsp3) is 1.00. The summed E-state index contributed by atoms with van der Waals surface area (Å²) >= 11 is 0. The lowest BCUT2D eigenvalue weighted by Crippen LogP contribution is -2.08. The molecule has 0 aromatic heterocycles. The Morgan fingerprint density at radius 3 is 2.83 bits per heavy atom. The first-order valence-electron chi connectivity index (χ1n) is 5.49. The third-order valence-electron chi connectivity index (χ3n) is 3.50. The van der Waals surface area contributed by atoms with Crippen molar-refractivity contribution in [2.24, 2.45) is 5.92 Å². The Morgan fingerprint density at radius 1 is 1.33 bits per heavy atom. The fourth-order valence-corrected chi connectivity index (χ4v) is 2.54. The summed E-state index contributed by atoms with van der Waals surface area (Å²) in [6, 6.07) is 0. The van der Waals surface area contributed by atoms with Gasteiger partial charge >= 0.3 is 0 Å². The molecule has 1 heteroatoms. The third kappa shape index (κ3) is 1.82. The average Bonchev–Trinajstić information content (AvgIpc) is 2.84. The topological polar surface area (TPSA) is 12.5 Å². The first-order chi connectivity index (χ1) is 5.85. The van der Waals surface area contributed by atoms with Crippen molar-refractivity contribution in [2.45, 2.75) is 57.5 Å². The predicted molar refractivity (Wildman–Crippen MR) is 50.2 cm³/mol. The van der Waals surface area contributed by atoms with Crippen molar-refractivity contribution in [1.82, 2.24) is 0 Å². The number of ether oxygens (including phenoxy) is 1. The minimum atomic E-state index is 0.391. The van der Waals surface area contributed by atoms with Crippen LogP contribution in [0.5, 0.6) is 0 Å².